The smallest absolute Gasteiger partial charge is 0.163 e. The molecular formula is C15H18O2. The highest BCUT2D eigenvalue weighted by Crippen LogP contribution is 2.66. The molecule has 4 saturated carbocycles. The molecule has 0 radical (unpaired) electrons. The molecule has 17 heavy (non-hydrogen) atoms. The predicted molar refractivity (Wildman–Crippen MR) is 63.2 cm³/mol. The minimum absolute atomic E-state index is 0.120. The second-order valence-electron chi connectivity index (χ2n) is 6.62. The molecule has 2 nitrogen and oxygen atoms in total. The van der Waals surface area contributed by atoms with Crippen molar-refractivity contribution in [2.45, 2.75) is 32.1 Å². The van der Waals surface area contributed by atoms with Crippen LogP contribution in [0.4, 0.5) is 0 Å². The summed E-state index contributed by atoms with van der Waals surface area (Å²) in [6, 6.07) is 0. The third-order valence-corrected chi connectivity index (χ3v) is 6.07. The normalized spacial score (nSPS) is 54.8. The van der Waals surface area contributed by atoms with E-state index in [1.807, 2.05) is 6.08 Å². The number of carbonyl (C=O) groups excluding carboxylic acids is 2. The van der Waals surface area contributed by atoms with Gasteiger partial charge in [0.25, 0.3) is 0 Å². The highest BCUT2D eigenvalue weighted by Gasteiger charge is 2.64. The Morgan fingerprint density at radius 2 is 1.65 bits per heavy atom. The van der Waals surface area contributed by atoms with Crippen LogP contribution in [0, 0.1) is 35.0 Å². The van der Waals surface area contributed by atoms with Gasteiger partial charge in [-0.05, 0) is 61.9 Å². The van der Waals surface area contributed by atoms with Crippen molar-refractivity contribution in [3.63, 3.8) is 0 Å². The van der Waals surface area contributed by atoms with Crippen LogP contribution in [0.1, 0.15) is 32.1 Å². The summed E-state index contributed by atoms with van der Waals surface area (Å²) in [6.07, 6.45) is 10.8. The second kappa shape index (κ2) is 3.09. The first-order valence-electron chi connectivity index (χ1n) is 6.93. The summed E-state index contributed by atoms with van der Waals surface area (Å²) in [5.41, 5.74) is -0.296. The monoisotopic (exact) mass is 230 g/mol. The summed E-state index contributed by atoms with van der Waals surface area (Å²) < 4.78 is 0. The summed E-state index contributed by atoms with van der Waals surface area (Å²) in [5, 5.41) is 0. The molecule has 90 valence electrons. The Morgan fingerprint density at radius 3 is 2.18 bits per heavy atom. The number of ketones is 1. The largest absolute Gasteiger partial charge is 0.303 e. The highest BCUT2D eigenvalue weighted by atomic mass is 16.1. The van der Waals surface area contributed by atoms with Gasteiger partial charge in [0, 0.05) is 5.92 Å². The zero-order valence-electron chi connectivity index (χ0n) is 9.97. The van der Waals surface area contributed by atoms with E-state index in [9.17, 15) is 9.59 Å². The van der Waals surface area contributed by atoms with Crippen LogP contribution in [0.15, 0.2) is 12.2 Å². The van der Waals surface area contributed by atoms with E-state index >= 15 is 0 Å². The van der Waals surface area contributed by atoms with Crippen molar-refractivity contribution >= 4 is 12.1 Å². The Balaban J connectivity index is 1.82. The molecule has 2 heteroatoms. The Hall–Kier alpha value is -0.920. The topological polar surface area (TPSA) is 34.1 Å². The predicted octanol–water partition coefficient (Wildman–Crippen LogP) is 2.38. The van der Waals surface area contributed by atoms with E-state index < -0.39 is 0 Å². The molecule has 1 unspecified atom stereocenters. The fourth-order valence-electron chi connectivity index (χ4n) is 5.73. The first kappa shape index (κ1) is 10.0. The van der Waals surface area contributed by atoms with Gasteiger partial charge in [-0.3, -0.25) is 4.79 Å². The average Bonchev–Trinajstić information content (AvgIpc) is 2.63. The lowest BCUT2D eigenvalue weighted by atomic mass is 9.42. The molecular weight excluding hydrogens is 212 g/mol. The van der Waals surface area contributed by atoms with Gasteiger partial charge in [0.05, 0.1) is 5.41 Å². The summed E-state index contributed by atoms with van der Waals surface area (Å²) in [6.45, 7) is 0. The molecule has 0 saturated heterocycles. The van der Waals surface area contributed by atoms with Gasteiger partial charge < -0.3 is 4.79 Å². The van der Waals surface area contributed by atoms with E-state index in [4.69, 9.17) is 0 Å². The molecule has 4 bridgehead atoms. The Bertz CT molecular complexity index is 393. The maximum absolute atomic E-state index is 12.4. The maximum atomic E-state index is 12.4. The van der Waals surface area contributed by atoms with Crippen molar-refractivity contribution < 1.29 is 9.59 Å². The third kappa shape index (κ3) is 1.03. The number of carbonyl (C=O) groups is 2. The lowest BCUT2D eigenvalue weighted by Crippen LogP contribution is -2.58. The second-order valence-corrected chi connectivity index (χ2v) is 6.62. The SMILES string of the molecule is O=CC1C=CC(=O)C12C1CC3CC(C1)CC2C3. The molecule has 0 aliphatic heterocycles. The van der Waals surface area contributed by atoms with Gasteiger partial charge in [0.2, 0.25) is 0 Å². The average molecular weight is 230 g/mol. The molecule has 0 N–H and O–H groups in total. The molecule has 1 atom stereocenters. The first-order chi connectivity index (χ1) is 8.25. The molecule has 0 aromatic heterocycles. The number of hydrogen-bond acceptors (Lipinski definition) is 2. The minimum atomic E-state index is -0.296. The van der Waals surface area contributed by atoms with E-state index in [1.165, 1.54) is 32.1 Å². The first-order valence-corrected chi connectivity index (χ1v) is 6.93. The van der Waals surface area contributed by atoms with Crippen LogP contribution in [0.3, 0.4) is 0 Å². The van der Waals surface area contributed by atoms with Crippen LogP contribution in [-0.4, -0.2) is 12.1 Å². The standard InChI is InChI=1S/C15H18O2/c16-8-11-1-2-14(17)15(11)12-4-9-3-10(6-12)7-13(15)5-9/h1-2,8-13H,3-7H2. The van der Waals surface area contributed by atoms with Gasteiger partial charge in [0.1, 0.15) is 6.29 Å². The highest BCUT2D eigenvalue weighted by molar-refractivity contribution is 6.01. The van der Waals surface area contributed by atoms with Crippen LogP contribution >= 0.6 is 0 Å². The van der Waals surface area contributed by atoms with Crippen molar-refractivity contribution in [1.29, 1.82) is 0 Å². The number of allylic oxidation sites excluding steroid dienone is 2. The molecule has 0 heterocycles. The molecule has 0 amide bonds. The van der Waals surface area contributed by atoms with Crippen molar-refractivity contribution in [2.75, 3.05) is 0 Å². The molecule has 0 aromatic rings. The van der Waals surface area contributed by atoms with Gasteiger partial charge in [-0.2, -0.15) is 0 Å². The molecule has 1 spiro atoms. The molecule has 5 rings (SSSR count). The van der Waals surface area contributed by atoms with Gasteiger partial charge in [0.15, 0.2) is 5.78 Å². The fourth-order valence-corrected chi connectivity index (χ4v) is 5.73. The summed E-state index contributed by atoms with van der Waals surface area (Å²) in [4.78, 5) is 23.8. The number of rotatable bonds is 1. The Kier molecular flexibility index (Phi) is 1.83. The zero-order chi connectivity index (χ0) is 11.6. The van der Waals surface area contributed by atoms with E-state index in [1.54, 1.807) is 6.08 Å². The fraction of sp³-hybridized carbons (Fsp3) is 0.733. The summed E-state index contributed by atoms with van der Waals surface area (Å²) in [7, 11) is 0. The number of aldehydes is 1. The lowest BCUT2D eigenvalue weighted by molar-refractivity contribution is -0.160. The van der Waals surface area contributed by atoms with E-state index in [0.717, 1.165) is 18.1 Å². The van der Waals surface area contributed by atoms with E-state index in [0.29, 0.717) is 11.8 Å². The van der Waals surface area contributed by atoms with Crippen LogP contribution < -0.4 is 0 Å². The van der Waals surface area contributed by atoms with Crippen LogP contribution in [0.25, 0.3) is 0 Å². The zero-order valence-corrected chi connectivity index (χ0v) is 9.97. The van der Waals surface area contributed by atoms with Crippen LogP contribution in [-0.2, 0) is 9.59 Å². The third-order valence-electron chi connectivity index (χ3n) is 6.07. The Morgan fingerprint density at radius 1 is 1.06 bits per heavy atom. The van der Waals surface area contributed by atoms with E-state index in [-0.39, 0.29) is 17.1 Å². The van der Waals surface area contributed by atoms with Crippen LogP contribution in [0.5, 0.6) is 0 Å². The summed E-state index contributed by atoms with van der Waals surface area (Å²) >= 11 is 0. The molecule has 5 aliphatic rings. The quantitative estimate of drug-likeness (QED) is 0.648. The van der Waals surface area contributed by atoms with E-state index in [2.05, 4.69) is 0 Å². The number of hydrogen-bond donors (Lipinski definition) is 0. The van der Waals surface area contributed by atoms with Gasteiger partial charge in [-0.25, -0.2) is 0 Å². The van der Waals surface area contributed by atoms with Gasteiger partial charge in [-0.15, -0.1) is 0 Å². The molecule has 5 aliphatic carbocycles. The molecule has 4 fully saturated rings. The minimum Gasteiger partial charge on any atom is -0.303 e. The van der Waals surface area contributed by atoms with Crippen molar-refractivity contribution in [1.82, 2.24) is 0 Å². The lowest BCUT2D eigenvalue weighted by Gasteiger charge is -2.60. The summed E-state index contributed by atoms with van der Waals surface area (Å²) in [5.74, 6) is 2.84. The van der Waals surface area contributed by atoms with Gasteiger partial charge in [-0.1, -0.05) is 6.08 Å². The van der Waals surface area contributed by atoms with Crippen molar-refractivity contribution in [3.05, 3.63) is 12.2 Å². The maximum Gasteiger partial charge on any atom is 0.163 e. The van der Waals surface area contributed by atoms with Crippen molar-refractivity contribution in [2.24, 2.45) is 35.0 Å². The Labute approximate surface area is 101 Å². The van der Waals surface area contributed by atoms with Crippen LogP contribution in [0.2, 0.25) is 0 Å². The molecule has 0 aromatic carbocycles. The van der Waals surface area contributed by atoms with Gasteiger partial charge >= 0.3 is 0 Å². The van der Waals surface area contributed by atoms with Crippen molar-refractivity contribution in [3.8, 4) is 0 Å².